The van der Waals surface area contributed by atoms with E-state index in [-0.39, 0.29) is 5.91 Å². The lowest BCUT2D eigenvalue weighted by molar-refractivity contribution is 0.0995. The second-order valence-corrected chi connectivity index (χ2v) is 7.62. The van der Waals surface area contributed by atoms with Crippen LogP contribution in [-0.2, 0) is 0 Å². The molecule has 124 valence electrons. The van der Waals surface area contributed by atoms with Crippen molar-refractivity contribution in [1.82, 2.24) is 4.98 Å². The highest BCUT2D eigenvalue weighted by Gasteiger charge is 2.15. The molecule has 0 aliphatic rings. The van der Waals surface area contributed by atoms with Gasteiger partial charge in [-0.25, -0.2) is 4.98 Å². The lowest BCUT2D eigenvalue weighted by atomic mass is 10.1. The third-order valence-electron chi connectivity index (χ3n) is 3.90. The van der Waals surface area contributed by atoms with Crippen LogP contribution >= 0.6 is 33.9 Å². The number of hydrogen-bond donors (Lipinski definition) is 1. The molecule has 0 aliphatic carbocycles. The number of thiazole rings is 1. The molecule has 2 aromatic carbocycles. The van der Waals surface area contributed by atoms with Crippen molar-refractivity contribution in [2.45, 2.75) is 6.92 Å². The molecular weight excluding hydrogens is 447 g/mol. The number of nitrogens with zero attached hydrogens (tertiary/aromatic N) is 1. The molecule has 2 aromatic heterocycles. The molecule has 6 heteroatoms. The van der Waals surface area contributed by atoms with Gasteiger partial charge in [-0.2, -0.15) is 0 Å². The van der Waals surface area contributed by atoms with Gasteiger partial charge >= 0.3 is 0 Å². The first-order valence-corrected chi connectivity index (χ1v) is 9.53. The molecule has 0 bridgehead atoms. The molecule has 0 unspecified atom stereocenters. The number of carbonyl (C=O) groups excluding carboxylic acids is 1. The Hall–Kier alpha value is -2.19. The molecule has 4 aromatic rings. The molecule has 25 heavy (non-hydrogen) atoms. The molecule has 1 N–H and O–H groups in total. The van der Waals surface area contributed by atoms with Crippen molar-refractivity contribution in [2.24, 2.45) is 0 Å². The fourth-order valence-electron chi connectivity index (χ4n) is 2.61. The number of halogens is 1. The van der Waals surface area contributed by atoms with Gasteiger partial charge < -0.3 is 9.73 Å². The largest absolute Gasteiger partial charge is 0.445 e. The van der Waals surface area contributed by atoms with E-state index in [2.05, 4.69) is 11.4 Å². The average molecular weight is 460 g/mol. The zero-order valence-corrected chi connectivity index (χ0v) is 16.2. The highest BCUT2D eigenvalue weighted by Crippen LogP contribution is 2.34. The number of carbonyl (C=O) groups is 1. The van der Waals surface area contributed by atoms with Crippen LogP contribution in [0.3, 0.4) is 0 Å². The van der Waals surface area contributed by atoms with Crippen molar-refractivity contribution in [1.29, 1.82) is 0 Å². The monoisotopic (exact) mass is 460 g/mol. The predicted octanol–water partition coefficient (Wildman–Crippen LogP) is 5.72. The van der Waals surface area contributed by atoms with E-state index in [9.17, 15) is 4.79 Å². The third kappa shape index (κ3) is 3.19. The summed E-state index contributed by atoms with van der Waals surface area (Å²) in [7, 11) is 0. The summed E-state index contributed by atoms with van der Waals surface area (Å²) in [6.45, 7) is 1.99. The minimum atomic E-state index is -0.257. The van der Waals surface area contributed by atoms with Crippen LogP contribution in [0.4, 0.5) is 5.69 Å². The number of furan rings is 1. The highest BCUT2D eigenvalue weighted by atomic mass is 127. The third-order valence-corrected chi connectivity index (χ3v) is 5.55. The first-order chi connectivity index (χ1) is 12.1. The van der Waals surface area contributed by atoms with E-state index in [4.69, 9.17) is 9.40 Å². The van der Waals surface area contributed by atoms with Crippen LogP contribution in [0.15, 0.2) is 59.0 Å². The van der Waals surface area contributed by atoms with Gasteiger partial charge in [0.05, 0.1) is 10.2 Å². The van der Waals surface area contributed by atoms with Gasteiger partial charge in [-0.3, -0.25) is 4.79 Å². The molecule has 0 spiro atoms. The Kier molecular flexibility index (Phi) is 4.30. The molecule has 1 amide bonds. The number of para-hydroxylation sites is 1. The summed E-state index contributed by atoms with van der Waals surface area (Å²) in [6.07, 6.45) is 0. The van der Waals surface area contributed by atoms with E-state index in [1.165, 1.54) is 0 Å². The number of fused-ring (bicyclic) bond motifs is 1. The van der Waals surface area contributed by atoms with E-state index in [0.717, 1.165) is 32.0 Å². The Morgan fingerprint density at radius 3 is 2.72 bits per heavy atom. The summed E-state index contributed by atoms with van der Waals surface area (Å²) in [5.41, 5.74) is 3.75. The Morgan fingerprint density at radius 2 is 1.96 bits per heavy atom. The van der Waals surface area contributed by atoms with Gasteiger partial charge in [0, 0.05) is 11.3 Å². The zero-order chi connectivity index (χ0) is 17.4. The van der Waals surface area contributed by atoms with Gasteiger partial charge in [-0.1, -0.05) is 24.3 Å². The summed E-state index contributed by atoms with van der Waals surface area (Å²) >= 11 is 3.69. The highest BCUT2D eigenvalue weighted by molar-refractivity contribution is 14.1. The van der Waals surface area contributed by atoms with Crippen molar-refractivity contribution < 1.29 is 9.21 Å². The first-order valence-electron chi connectivity index (χ1n) is 7.64. The molecule has 0 radical (unpaired) electrons. The average Bonchev–Trinajstić information content (AvgIpc) is 3.22. The number of hydrogen-bond acceptors (Lipinski definition) is 4. The van der Waals surface area contributed by atoms with Crippen LogP contribution in [0.5, 0.6) is 0 Å². The number of anilines is 1. The fourth-order valence-corrected chi connectivity index (χ4v) is 4.08. The lowest BCUT2D eigenvalue weighted by Gasteiger charge is -2.10. The van der Waals surface area contributed by atoms with Gasteiger partial charge in [-0.05, 0) is 65.4 Å². The van der Waals surface area contributed by atoms with Crippen molar-refractivity contribution in [3.63, 3.8) is 0 Å². The Bertz CT molecular complexity index is 1050. The van der Waals surface area contributed by atoms with E-state index in [1.807, 2.05) is 65.9 Å². The van der Waals surface area contributed by atoms with Crippen LogP contribution in [-0.4, -0.2) is 10.9 Å². The number of benzene rings is 2. The summed E-state index contributed by atoms with van der Waals surface area (Å²) in [6, 6.07) is 17.3. The minimum absolute atomic E-state index is 0.257. The quantitative estimate of drug-likeness (QED) is 0.398. The number of amides is 1. The Balaban J connectivity index is 1.69. The fraction of sp³-hybridized carbons (Fsp3) is 0.0526. The second kappa shape index (κ2) is 6.61. The Morgan fingerprint density at radius 1 is 1.12 bits per heavy atom. The molecule has 2 heterocycles. The summed E-state index contributed by atoms with van der Waals surface area (Å²) in [5.74, 6) is 0.0432. The van der Waals surface area contributed by atoms with Gasteiger partial charge in [-0.15, -0.1) is 11.3 Å². The zero-order valence-electron chi connectivity index (χ0n) is 13.2. The molecule has 0 atom stereocenters. The number of nitrogens with one attached hydrogen (secondary N) is 1. The molecule has 0 fully saturated rings. The molecule has 0 saturated heterocycles. The number of rotatable bonds is 3. The lowest BCUT2D eigenvalue weighted by Crippen LogP contribution is -2.12. The molecule has 4 nitrogen and oxygen atoms in total. The molecule has 4 rings (SSSR count). The molecule has 0 aliphatic heterocycles. The first kappa shape index (κ1) is 16.3. The maximum Gasteiger partial charge on any atom is 0.291 e. The SMILES string of the molecule is Cc1c(NC(=O)c2ccc(I)o2)cccc1-c1nc2ccccc2s1. The van der Waals surface area contributed by atoms with Crippen molar-refractivity contribution >= 4 is 55.7 Å². The van der Waals surface area contributed by atoms with E-state index < -0.39 is 0 Å². The van der Waals surface area contributed by atoms with Crippen LogP contribution in [0, 0.1) is 10.7 Å². The summed E-state index contributed by atoms with van der Waals surface area (Å²) < 4.78 is 7.21. The van der Waals surface area contributed by atoms with E-state index >= 15 is 0 Å². The Labute approximate surface area is 162 Å². The van der Waals surface area contributed by atoms with E-state index in [1.54, 1.807) is 23.5 Å². The summed E-state index contributed by atoms with van der Waals surface area (Å²) in [5, 5.41) is 3.87. The topological polar surface area (TPSA) is 55.1 Å². The van der Waals surface area contributed by atoms with Gasteiger partial charge in [0.1, 0.15) is 5.01 Å². The summed E-state index contributed by atoms with van der Waals surface area (Å²) in [4.78, 5) is 17.1. The van der Waals surface area contributed by atoms with Crippen molar-refractivity contribution in [2.75, 3.05) is 5.32 Å². The van der Waals surface area contributed by atoms with E-state index in [0.29, 0.717) is 9.53 Å². The van der Waals surface area contributed by atoms with Crippen LogP contribution in [0.1, 0.15) is 16.1 Å². The van der Waals surface area contributed by atoms with Crippen molar-refractivity contribution in [3.05, 3.63) is 69.7 Å². The molecule has 0 saturated carbocycles. The van der Waals surface area contributed by atoms with Gasteiger partial charge in [0.2, 0.25) is 0 Å². The predicted molar refractivity (Wildman–Crippen MR) is 109 cm³/mol. The standard InChI is InChI=1S/C19H13IN2O2S/c1-11-12(19-22-14-6-2-3-8-16(14)25-19)5-4-7-13(11)21-18(23)15-9-10-17(20)24-15/h2-10H,1H3,(H,21,23). The normalized spacial score (nSPS) is 11.0. The van der Waals surface area contributed by atoms with Gasteiger partial charge in [0.25, 0.3) is 5.91 Å². The maximum absolute atomic E-state index is 12.3. The minimum Gasteiger partial charge on any atom is -0.445 e. The smallest absolute Gasteiger partial charge is 0.291 e. The van der Waals surface area contributed by atoms with Crippen LogP contribution < -0.4 is 5.32 Å². The van der Waals surface area contributed by atoms with Crippen LogP contribution in [0.2, 0.25) is 0 Å². The number of aromatic nitrogens is 1. The second-order valence-electron chi connectivity index (χ2n) is 5.52. The van der Waals surface area contributed by atoms with Gasteiger partial charge in [0.15, 0.2) is 9.53 Å². The maximum atomic E-state index is 12.3. The van der Waals surface area contributed by atoms with Crippen molar-refractivity contribution in [3.8, 4) is 10.6 Å². The molecular formula is C19H13IN2O2S. The van der Waals surface area contributed by atoms with Crippen LogP contribution in [0.25, 0.3) is 20.8 Å².